The van der Waals surface area contributed by atoms with Gasteiger partial charge in [0.2, 0.25) is 0 Å². The first-order chi connectivity index (χ1) is 12.6. The summed E-state index contributed by atoms with van der Waals surface area (Å²) in [4.78, 5) is 33.5. The molecule has 6 heteroatoms. The number of H-pyrrole nitrogens is 1. The van der Waals surface area contributed by atoms with E-state index in [2.05, 4.69) is 15.3 Å². The maximum atomic E-state index is 12.5. The van der Waals surface area contributed by atoms with E-state index in [1.165, 1.54) is 5.56 Å². The van der Waals surface area contributed by atoms with Crippen LogP contribution in [-0.2, 0) is 13.1 Å². The van der Waals surface area contributed by atoms with E-state index >= 15 is 0 Å². The van der Waals surface area contributed by atoms with E-state index in [0.717, 1.165) is 5.56 Å². The number of fused-ring (bicyclic) bond motifs is 1. The van der Waals surface area contributed by atoms with Crippen molar-refractivity contribution in [3.8, 4) is 0 Å². The molecule has 134 valence electrons. The molecule has 1 heterocycles. The maximum Gasteiger partial charge on any atom is 0.318 e. The lowest BCUT2D eigenvalue weighted by atomic mass is 10.1. The molecule has 2 aromatic carbocycles. The molecule has 0 atom stereocenters. The first-order valence-electron chi connectivity index (χ1n) is 8.63. The van der Waals surface area contributed by atoms with Gasteiger partial charge in [0.15, 0.2) is 0 Å². The van der Waals surface area contributed by atoms with E-state index in [1.54, 1.807) is 23.1 Å². The van der Waals surface area contributed by atoms with E-state index < -0.39 is 0 Å². The van der Waals surface area contributed by atoms with Gasteiger partial charge >= 0.3 is 6.03 Å². The highest BCUT2D eigenvalue weighted by Crippen LogP contribution is 2.08. The van der Waals surface area contributed by atoms with Crippen molar-refractivity contribution in [2.75, 3.05) is 6.54 Å². The largest absolute Gasteiger partial charge is 0.334 e. The van der Waals surface area contributed by atoms with E-state index in [0.29, 0.717) is 29.8 Å². The average Bonchev–Trinajstić information content (AvgIpc) is 2.65. The Morgan fingerprint density at radius 1 is 1.15 bits per heavy atom. The monoisotopic (exact) mass is 350 g/mol. The summed E-state index contributed by atoms with van der Waals surface area (Å²) in [5.74, 6) is 0.473. The third-order valence-corrected chi connectivity index (χ3v) is 4.24. The van der Waals surface area contributed by atoms with E-state index in [4.69, 9.17) is 0 Å². The summed E-state index contributed by atoms with van der Waals surface area (Å²) in [6.07, 6.45) is 0. The molecular formula is C20H22N4O2. The topological polar surface area (TPSA) is 78.1 Å². The fraction of sp³-hybridized carbons (Fsp3) is 0.250. The molecule has 0 radical (unpaired) electrons. The van der Waals surface area contributed by atoms with Crippen molar-refractivity contribution in [1.82, 2.24) is 20.2 Å². The first kappa shape index (κ1) is 17.7. The second kappa shape index (κ2) is 7.82. The summed E-state index contributed by atoms with van der Waals surface area (Å²) in [5, 5.41) is 3.45. The zero-order valence-corrected chi connectivity index (χ0v) is 15.0. The van der Waals surface area contributed by atoms with Gasteiger partial charge in [0, 0.05) is 13.1 Å². The number of para-hydroxylation sites is 1. The molecule has 26 heavy (non-hydrogen) atoms. The number of nitrogens with one attached hydrogen (secondary N) is 2. The van der Waals surface area contributed by atoms with Gasteiger partial charge in [-0.1, -0.05) is 42.0 Å². The van der Waals surface area contributed by atoms with Crippen molar-refractivity contribution >= 4 is 16.9 Å². The van der Waals surface area contributed by atoms with Crippen LogP contribution in [0.5, 0.6) is 0 Å². The van der Waals surface area contributed by atoms with Crippen molar-refractivity contribution in [1.29, 1.82) is 0 Å². The summed E-state index contributed by atoms with van der Waals surface area (Å²) >= 11 is 0. The Hall–Kier alpha value is -3.15. The van der Waals surface area contributed by atoms with Crippen molar-refractivity contribution < 1.29 is 4.79 Å². The van der Waals surface area contributed by atoms with Crippen LogP contribution >= 0.6 is 0 Å². The predicted molar refractivity (Wildman–Crippen MR) is 102 cm³/mol. The van der Waals surface area contributed by atoms with Crippen LogP contribution < -0.4 is 10.9 Å². The highest BCUT2D eigenvalue weighted by atomic mass is 16.2. The SMILES string of the molecule is CCN(Cc1nc2ccccc2c(=O)[nH]1)C(=O)NCc1ccc(C)cc1. The molecule has 0 saturated carbocycles. The summed E-state index contributed by atoms with van der Waals surface area (Å²) in [6.45, 7) is 5.13. The second-order valence-corrected chi connectivity index (χ2v) is 6.19. The Morgan fingerprint density at radius 3 is 2.62 bits per heavy atom. The molecule has 0 aliphatic carbocycles. The number of aromatic nitrogens is 2. The van der Waals surface area contributed by atoms with Crippen LogP contribution in [0, 0.1) is 6.92 Å². The molecule has 3 rings (SSSR count). The number of aromatic amines is 1. The molecular weight excluding hydrogens is 328 g/mol. The van der Waals surface area contributed by atoms with E-state index in [-0.39, 0.29) is 18.1 Å². The third-order valence-electron chi connectivity index (χ3n) is 4.24. The Morgan fingerprint density at radius 2 is 1.88 bits per heavy atom. The zero-order valence-electron chi connectivity index (χ0n) is 15.0. The Labute approximate surface area is 151 Å². The van der Waals surface area contributed by atoms with Crippen molar-refractivity contribution in [2.45, 2.75) is 26.9 Å². The minimum Gasteiger partial charge on any atom is -0.334 e. The smallest absolute Gasteiger partial charge is 0.318 e. The van der Waals surface area contributed by atoms with Gasteiger partial charge < -0.3 is 15.2 Å². The van der Waals surface area contributed by atoms with Crippen LogP contribution in [0.15, 0.2) is 53.3 Å². The summed E-state index contributed by atoms with van der Waals surface area (Å²) in [7, 11) is 0. The normalized spacial score (nSPS) is 10.7. The van der Waals surface area contributed by atoms with Gasteiger partial charge in [-0.15, -0.1) is 0 Å². The molecule has 0 fully saturated rings. The number of amides is 2. The molecule has 0 saturated heterocycles. The van der Waals surface area contributed by atoms with E-state index in [1.807, 2.05) is 44.2 Å². The van der Waals surface area contributed by atoms with Crippen molar-refractivity contribution in [3.63, 3.8) is 0 Å². The Bertz CT molecular complexity index is 963. The standard InChI is InChI=1S/C20H22N4O2/c1-3-24(20(26)21-12-15-10-8-14(2)9-11-15)13-18-22-17-7-5-4-6-16(17)19(25)23-18/h4-11H,3,12-13H2,1-2H3,(H,21,26)(H,22,23,25). The summed E-state index contributed by atoms with van der Waals surface area (Å²) < 4.78 is 0. The molecule has 0 aliphatic heterocycles. The molecule has 3 aromatic rings. The van der Waals surface area contributed by atoms with Crippen LogP contribution in [0.4, 0.5) is 4.79 Å². The highest BCUT2D eigenvalue weighted by Gasteiger charge is 2.14. The molecule has 0 spiro atoms. The van der Waals surface area contributed by atoms with Crippen LogP contribution in [-0.4, -0.2) is 27.4 Å². The number of carbonyl (C=O) groups excluding carboxylic acids is 1. The van der Waals surface area contributed by atoms with Gasteiger partial charge in [-0.25, -0.2) is 9.78 Å². The van der Waals surface area contributed by atoms with Gasteiger partial charge in [0.1, 0.15) is 5.82 Å². The van der Waals surface area contributed by atoms with Gasteiger partial charge in [-0.05, 0) is 31.5 Å². The predicted octanol–water partition coefficient (Wildman–Crippen LogP) is 2.96. The number of urea groups is 1. The van der Waals surface area contributed by atoms with Gasteiger partial charge in [0.25, 0.3) is 5.56 Å². The molecule has 2 N–H and O–H groups in total. The zero-order chi connectivity index (χ0) is 18.5. The number of aryl methyl sites for hydroxylation is 1. The molecule has 0 aliphatic rings. The molecule has 2 amide bonds. The lowest BCUT2D eigenvalue weighted by Crippen LogP contribution is -2.39. The van der Waals surface area contributed by atoms with Crippen molar-refractivity contribution in [2.24, 2.45) is 0 Å². The lowest BCUT2D eigenvalue weighted by Gasteiger charge is -2.21. The number of benzene rings is 2. The number of carbonyl (C=O) groups is 1. The minimum absolute atomic E-state index is 0.191. The van der Waals surface area contributed by atoms with Gasteiger partial charge in [0.05, 0.1) is 17.4 Å². The van der Waals surface area contributed by atoms with Crippen molar-refractivity contribution in [3.05, 3.63) is 75.8 Å². The number of hydrogen-bond donors (Lipinski definition) is 2. The fourth-order valence-corrected chi connectivity index (χ4v) is 2.71. The Kier molecular flexibility index (Phi) is 5.31. The summed E-state index contributed by atoms with van der Waals surface area (Å²) in [6, 6.07) is 15.0. The van der Waals surface area contributed by atoms with Crippen LogP contribution in [0.3, 0.4) is 0 Å². The molecule has 0 bridgehead atoms. The van der Waals surface area contributed by atoms with Gasteiger partial charge in [-0.3, -0.25) is 4.79 Å². The molecule has 0 unspecified atom stereocenters. The summed E-state index contributed by atoms with van der Waals surface area (Å²) in [5.41, 5.74) is 2.66. The lowest BCUT2D eigenvalue weighted by molar-refractivity contribution is 0.196. The van der Waals surface area contributed by atoms with Crippen LogP contribution in [0.25, 0.3) is 10.9 Å². The average molecular weight is 350 g/mol. The molecule has 6 nitrogen and oxygen atoms in total. The minimum atomic E-state index is -0.193. The highest BCUT2D eigenvalue weighted by molar-refractivity contribution is 5.77. The van der Waals surface area contributed by atoms with E-state index in [9.17, 15) is 9.59 Å². The van der Waals surface area contributed by atoms with Gasteiger partial charge in [-0.2, -0.15) is 0 Å². The van der Waals surface area contributed by atoms with Crippen LogP contribution in [0.1, 0.15) is 23.9 Å². The molecule has 1 aromatic heterocycles. The third kappa shape index (κ3) is 4.08. The Balaban J connectivity index is 1.69. The second-order valence-electron chi connectivity index (χ2n) is 6.19. The number of nitrogens with zero attached hydrogens (tertiary/aromatic N) is 2. The first-order valence-corrected chi connectivity index (χ1v) is 8.63. The number of rotatable bonds is 5. The van der Waals surface area contributed by atoms with Crippen LogP contribution in [0.2, 0.25) is 0 Å². The number of hydrogen-bond acceptors (Lipinski definition) is 3. The maximum absolute atomic E-state index is 12.5. The quantitative estimate of drug-likeness (QED) is 0.742. The fourth-order valence-electron chi connectivity index (χ4n) is 2.71.